The third kappa shape index (κ3) is 4.78. The maximum Gasteiger partial charge on any atom is 1.00 e. The van der Waals surface area contributed by atoms with Gasteiger partial charge in [-0.15, -0.1) is 4.90 Å². The summed E-state index contributed by atoms with van der Waals surface area (Å²) in [4.78, 5) is 0.562. The van der Waals surface area contributed by atoms with Gasteiger partial charge in [0.05, 0.1) is 11.7 Å². The Kier molecular flexibility index (Phi) is 6.97. The molecule has 0 aromatic heterocycles. The number of ether oxygens (including phenoxy) is 2. The average Bonchev–Trinajstić information content (AvgIpc) is 2.54. The van der Waals surface area contributed by atoms with Gasteiger partial charge in [-0.05, 0) is 23.8 Å². The first-order chi connectivity index (χ1) is 11.4. The molecular formula is C16H12F4KNO2S. The molecule has 1 aliphatic rings. The monoisotopic (exact) mass is 397 g/mol. The quantitative estimate of drug-likeness (QED) is 0.480. The number of hydrogen-bond donors (Lipinski definition) is 1. The van der Waals surface area contributed by atoms with Gasteiger partial charge >= 0.3 is 63.9 Å². The van der Waals surface area contributed by atoms with E-state index in [9.17, 15) is 17.6 Å². The van der Waals surface area contributed by atoms with E-state index in [-0.39, 0.29) is 69.8 Å². The summed E-state index contributed by atoms with van der Waals surface area (Å²) in [5.41, 5.74) is 1.25. The van der Waals surface area contributed by atoms with Gasteiger partial charge < -0.3 is 27.4 Å². The van der Waals surface area contributed by atoms with Gasteiger partial charge in [0.25, 0.3) is 0 Å². The molecule has 0 saturated heterocycles. The van der Waals surface area contributed by atoms with E-state index in [1.807, 2.05) is 0 Å². The van der Waals surface area contributed by atoms with Crippen molar-refractivity contribution in [2.24, 2.45) is 0 Å². The van der Waals surface area contributed by atoms with E-state index in [0.717, 1.165) is 0 Å². The molecule has 0 fully saturated rings. The smallest absolute Gasteiger partial charge is 0.776 e. The van der Waals surface area contributed by atoms with Crippen molar-refractivity contribution in [3.63, 3.8) is 0 Å². The zero-order valence-electron chi connectivity index (χ0n) is 13.1. The number of anilines is 1. The zero-order valence-corrected chi connectivity index (χ0v) is 17.1. The largest absolute Gasteiger partial charge is 1.00 e. The van der Waals surface area contributed by atoms with Gasteiger partial charge in [0.15, 0.2) is 0 Å². The first-order valence-electron chi connectivity index (χ1n) is 7.01. The van der Waals surface area contributed by atoms with Crippen LogP contribution < -0.4 is 66.2 Å². The van der Waals surface area contributed by atoms with Crippen LogP contribution in [0.1, 0.15) is 11.6 Å². The number of fused-ring (bicyclic) bond motifs is 1. The summed E-state index contributed by atoms with van der Waals surface area (Å²) in [6, 6.07) is 10.5. The molecule has 0 bridgehead atoms. The van der Waals surface area contributed by atoms with Crippen LogP contribution in [0.15, 0.2) is 47.4 Å². The van der Waals surface area contributed by atoms with Crippen molar-refractivity contribution in [3.8, 4) is 11.5 Å². The number of nitrogens with one attached hydrogen (secondary N) is 1. The zero-order chi connectivity index (χ0) is 17.3. The van der Waals surface area contributed by atoms with E-state index in [0.29, 0.717) is 21.9 Å². The predicted molar refractivity (Wildman–Crippen MR) is 82.0 cm³/mol. The minimum Gasteiger partial charge on any atom is -0.776 e. The third-order valence-electron chi connectivity index (χ3n) is 3.47. The molecule has 0 aliphatic carbocycles. The van der Waals surface area contributed by atoms with Crippen LogP contribution in [0.5, 0.6) is 11.5 Å². The molecule has 3 rings (SSSR count). The molecule has 2 aromatic rings. The van der Waals surface area contributed by atoms with Crippen molar-refractivity contribution in [1.29, 1.82) is 0 Å². The summed E-state index contributed by atoms with van der Waals surface area (Å²) >= 11 is 5.16. The SMILES string of the molecule is FC(F)C(F)(F)Oc1cccc([C@H]2COc3c([S-])cccc3N2)c1.[K+]. The Labute approximate surface area is 189 Å². The van der Waals surface area contributed by atoms with Gasteiger partial charge in [-0.2, -0.15) is 17.6 Å². The molecule has 1 aliphatic heterocycles. The molecule has 9 heteroatoms. The Bertz CT molecular complexity index is 748. The Balaban J connectivity index is 0.00000225. The fourth-order valence-corrected chi connectivity index (χ4v) is 2.60. The van der Waals surface area contributed by atoms with E-state index in [4.69, 9.17) is 17.4 Å². The summed E-state index contributed by atoms with van der Waals surface area (Å²) in [6.07, 6.45) is -8.45. The predicted octanol–water partition coefficient (Wildman–Crippen LogP) is 1.38. The Morgan fingerprint density at radius 2 is 1.92 bits per heavy atom. The molecule has 2 aromatic carbocycles. The standard InChI is InChI=1S/C16H13F4NO2S.K/c17-15(18)16(19,20)23-10-4-1-3-9(7-10)12-8-22-14-11(21-12)5-2-6-13(14)24;/h1-7,12,15,21,24H,8H2;/q;+1/p-1/t12-;/m1./s1. The Morgan fingerprint density at radius 3 is 2.64 bits per heavy atom. The van der Waals surface area contributed by atoms with E-state index < -0.39 is 12.5 Å². The number of hydrogen-bond acceptors (Lipinski definition) is 4. The summed E-state index contributed by atoms with van der Waals surface area (Å²) in [5, 5.41) is 3.18. The van der Waals surface area contributed by atoms with Crippen LogP contribution in [0.4, 0.5) is 23.2 Å². The average molecular weight is 397 g/mol. The van der Waals surface area contributed by atoms with Crippen LogP contribution in [-0.4, -0.2) is 19.1 Å². The maximum absolute atomic E-state index is 13.0. The van der Waals surface area contributed by atoms with Gasteiger partial charge in [-0.25, -0.2) is 0 Å². The topological polar surface area (TPSA) is 30.5 Å². The molecule has 1 heterocycles. The van der Waals surface area contributed by atoms with Crippen LogP contribution >= 0.6 is 0 Å². The third-order valence-corrected chi connectivity index (χ3v) is 3.79. The molecule has 3 nitrogen and oxygen atoms in total. The minimum absolute atomic E-state index is 0. The van der Waals surface area contributed by atoms with Gasteiger partial charge in [-0.3, -0.25) is 0 Å². The first kappa shape index (κ1) is 20.7. The van der Waals surface area contributed by atoms with Crippen LogP contribution in [0.2, 0.25) is 0 Å². The van der Waals surface area contributed by atoms with Crippen molar-refractivity contribution >= 4 is 18.3 Å². The molecule has 0 spiro atoms. The molecule has 1 N–H and O–H groups in total. The van der Waals surface area contributed by atoms with Crippen molar-refractivity contribution in [2.45, 2.75) is 23.5 Å². The second-order valence-electron chi connectivity index (χ2n) is 5.18. The van der Waals surface area contributed by atoms with E-state index >= 15 is 0 Å². The molecule has 25 heavy (non-hydrogen) atoms. The van der Waals surface area contributed by atoms with Gasteiger partial charge in [0.2, 0.25) is 0 Å². The van der Waals surface area contributed by atoms with Gasteiger partial charge in [-0.1, -0.05) is 24.3 Å². The summed E-state index contributed by atoms with van der Waals surface area (Å²) < 4.78 is 60.3. The fourth-order valence-electron chi connectivity index (χ4n) is 2.35. The van der Waals surface area contributed by atoms with Crippen LogP contribution in [-0.2, 0) is 12.6 Å². The van der Waals surface area contributed by atoms with Gasteiger partial charge in [0.1, 0.15) is 18.1 Å². The molecule has 0 unspecified atom stereocenters. The number of para-hydroxylation sites is 1. The number of rotatable bonds is 4. The van der Waals surface area contributed by atoms with Crippen molar-refractivity contribution < 1.29 is 78.4 Å². The second kappa shape index (κ2) is 8.40. The van der Waals surface area contributed by atoms with E-state index in [2.05, 4.69) is 10.1 Å². The maximum atomic E-state index is 13.0. The summed E-state index contributed by atoms with van der Waals surface area (Å²) in [5.74, 6) is 0.211. The normalized spacial score (nSPS) is 16.3. The van der Waals surface area contributed by atoms with Gasteiger partial charge in [0, 0.05) is 0 Å². The fraction of sp³-hybridized carbons (Fsp3) is 0.250. The molecule has 1 atom stereocenters. The number of halogens is 4. The van der Waals surface area contributed by atoms with Crippen LogP contribution in [0.3, 0.4) is 0 Å². The molecular weight excluding hydrogens is 385 g/mol. The van der Waals surface area contributed by atoms with Crippen molar-refractivity contribution in [1.82, 2.24) is 0 Å². The first-order valence-corrected chi connectivity index (χ1v) is 7.42. The summed E-state index contributed by atoms with van der Waals surface area (Å²) in [6.45, 7) is 0.218. The van der Waals surface area contributed by atoms with Crippen LogP contribution in [0.25, 0.3) is 0 Å². The Morgan fingerprint density at radius 1 is 1.20 bits per heavy atom. The number of benzene rings is 2. The molecule has 128 valence electrons. The minimum atomic E-state index is -4.54. The molecule has 0 saturated carbocycles. The van der Waals surface area contributed by atoms with E-state index in [1.165, 1.54) is 18.2 Å². The Hall–Kier alpha value is -0.584. The van der Waals surface area contributed by atoms with Crippen LogP contribution in [0, 0.1) is 0 Å². The van der Waals surface area contributed by atoms with Crippen molar-refractivity contribution in [3.05, 3.63) is 48.0 Å². The van der Waals surface area contributed by atoms with E-state index in [1.54, 1.807) is 24.3 Å². The number of alkyl halides is 4. The molecule has 0 amide bonds. The second-order valence-corrected chi connectivity index (χ2v) is 5.62. The molecule has 0 radical (unpaired) electrons. The van der Waals surface area contributed by atoms with Crippen molar-refractivity contribution in [2.75, 3.05) is 11.9 Å². The summed E-state index contributed by atoms with van der Waals surface area (Å²) in [7, 11) is 0.